The van der Waals surface area contributed by atoms with Gasteiger partial charge in [-0.1, -0.05) is 15.9 Å². The van der Waals surface area contributed by atoms with Gasteiger partial charge in [0.2, 0.25) is 0 Å². The molecule has 2 aromatic rings. The van der Waals surface area contributed by atoms with Crippen molar-refractivity contribution in [1.29, 1.82) is 0 Å². The molecule has 0 unspecified atom stereocenters. The first-order valence-corrected chi connectivity index (χ1v) is 7.12. The predicted octanol–water partition coefficient (Wildman–Crippen LogP) is 4.73. The Bertz CT molecular complexity index is 625. The lowest BCUT2D eigenvalue weighted by molar-refractivity contribution is 0.103. The highest BCUT2D eigenvalue weighted by atomic mass is 127. The van der Waals surface area contributed by atoms with Crippen LogP contribution in [0.3, 0.4) is 0 Å². The van der Waals surface area contributed by atoms with Gasteiger partial charge >= 0.3 is 0 Å². The molecule has 0 aliphatic rings. The number of hydrogen-bond donors (Lipinski definition) is 0. The van der Waals surface area contributed by atoms with Gasteiger partial charge in [0.15, 0.2) is 5.78 Å². The highest BCUT2D eigenvalue weighted by Crippen LogP contribution is 2.23. The van der Waals surface area contributed by atoms with Gasteiger partial charge in [-0.15, -0.1) is 0 Å². The van der Waals surface area contributed by atoms with Gasteiger partial charge in [-0.3, -0.25) is 4.79 Å². The third-order valence-corrected chi connectivity index (χ3v) is 4.04. The predicted molar refractivity (Wildman–Crippen MR) is 81.4 cm³/mol. The summed E-state index contributed by atoms with van der Waals surface area (Å²) in [6, 6.07) is 9.76. The summed E-state index contributed by atoms with van der Waals surface area (Å²) in [5.74, 6) is -0.411. The number of carbonyl (C=O) groups excluding carboxylic acids is 1. The van der Waals surface area contributed by atoms with E-state index >= 15 is 0 Å². The van der Waals surface area contributed by atoms with Gasteiger partial charge < -0.3 is 0 Å². The Labute approximate surface area is 127 Å². The monoisotopic (exact) mass is 418 g/mol. The molecule has 0 heterocycles. The van der Waals surface area contributed by atoms with Crippen LogP contribution >= 0.6 is 38.5 Å². The summed E-state index contributed by atoms with van der Waals surface area (Å²) in [6.45, 7) is 1.74. The van der Waals surface area contributed by atoms with E-state index in [2.05, 4.69) is 38.5 Å². The molecule has 0 saturated carbocycles. The molecule has 0 aliphatic heterocycles. The maximum atomic E-state index is 13.0. The summed E-state index contributed by atoms with van der Waals surface area (Å²) < 4.78 is 14.8. The quantitative estimate of drug-likeness (QED) is 0.508. The Hall–Kier alpha value is -0.750. The second kappa shape index (κ2) is 5.48. The first-order valence-electron chi connectivity index (χ1n) is 5.25. The number of halogens is 3. The summed E-state index contributed by atoms with van der Waals surface area (Å²) in [5, 5.41) is 0. The molecule has 92 valence electrons. The van der Waals surface area contributed by atoms with Crippen molar-refractivity contribution in [2.24, 2.45) is 0 Å². The van der Waals surface area contributed by atoms with Gasteiger partial charge in [-0.2, -0.15) is 0 Å². The summed E-state index contributed by atoms with van der Waals surface area (Å²) in [5.41, 5.74) is 1.81. The minimum atomic E-state index is -0.326. The van der Waals surface area contributed by atoms with E-state index in [1.54, 1.807) is 13.0 Å². The van der Waals surface area contributed by atoms with Crippen molar-refractivity contribution < 1.29 is 9.18 Å². The van der Waals surface area contributed by atoms with Crippen LogP contribution in [0.4, 0.5) is 4.39 Å². The van der Waals surface area contributed by atoms with E-state index in [0.717, 1.165) is 8.04 Å². The Morgan fingerprint density at radius 2 is 1.89 bits per heavy atom. The summed E-state index contributed by atoms with van der Waals surface area (Å²) in [6.07, 6.45) is 0. The summed E-state index contributed by atoms with van der Waals surface area (Å²) >= 11 is 5.47. The molecule has 0 amide bonds. The Balaban J connectivity index is 2.51. The van der Waals surface area contributed by atoms with E-state index in [1.807, 2.05) is 12.1 Å². The molecular formula is C14H9BrFIO. The fourth-order valence-corrected chi connectivity index (χ4v) is 2.64. The molecule has 4 heteroatoms. The number of carbonyl (C=O) groups is 1. The maximum Gasteiger partial charge on any atom is 0.194 e. The number of aryl methyl sites for hydroxylation is 1. The second-order valence-electron chi connectivity index (χ2n) is 3.91. The smallest absolute Gasteiger partial charge is 0.194 e. The fraction of sp³-hybridized carbons (Fsp3) is 0.0714. The van der Waals surface area contributed by atoms with Gasteiger partial charge in [-0.25, -0.2) is 4.39 Å². The molecule has 0 aromatic heterocycles. The van der Waals surface area contributed by atoms with Crippen molar-refractivity contribution >= 4 is 44.3 Å². The van der Waals surface area contributed by atoms with Crippen molar-refractivity contribution in [1.82, 2.24) is 0 Å². The Kier molecular flexibility index (Phi) is 4.17. The van der Waals surface area contributed by atoms with Crippen LogP contribution in [-0.2, 0) is 0 Å². The highest BCUT2D eigenvalue weighted by molar-refractivity contribution is 14.1. The number of benzene rings is 2. The van der Waals surface area contributed by atoms with Gasteiger partial charge in [0.25, 0.3) is 0 Å². The number of hydrogen-bond acceptors (Lipinski definition) is 1. The van der Waals surface area contributed by atoms with Crippen LogP contribution in [0.5, 0.6) is 0 Å². The van der Waals surface area contributed by atoms with Crippen LogP contribution in [-0.4, -0.2) is 5.78 Å². The van der Waals surface area contributed by atoms with Crippen LogP contribution in [0.1, 0.15) is 21.5 Å². The highest BCUT2D eigenvalue weighted by Gasteiger charge is 2.15. The molecule has 18 heavy (non-hydrogen) atoms. The zero-order chi connectivity index (χ0) is 13.3. The molecule has 0 bridgehead atoms. The summed E-state index contributed by atoms with van der Waals surface area (Å²) in [4.78, 5) is 12.4. The molecule has 0 fully saturated rings. The molecule has 0 atom stereocenters. The Morgan fingerprint density at radius 1 is 1.17 bits per heavy atom. The van der Waals surface area contributed by atoms with E-state index in [9.17, 15) is 9.18 Å². The largest absolute Gasteiger partial charge is 0.289 e. The van der Waals surface area contributed by atoms with Gasteiger partial charge in [0.05, 0.1) is 0 Å². The molecule has 0 N–H and O–H groups in total. The van der Waals surface area contributed by atoms with Crippen LogP contribution < -0.4 is 0 Å². The molecule has 0 aliphatic carbocycles. The minimum absolute atomic E-state index is 0.0850. The molecule has 2 aromatic carbocycles. The number of ketones is 1. The van der Waals surface area contributed by atoms with Crippen molar-refractivity contribution in [2.45, 2.75) is 6.92 Å². The molecule has 0 spiro atoms. The minimum Gasteiger partial charge on any atom is -0.289 e. The van der Waals surface area contributed by atoms with Crippen molar-refractivity contribution in [3.05, 3.63) is 66.9 Å². The van der Waals surface area contributed by atoms with E-state index in [1.165, 1.54) is 18.2 Å². The standard InChI is InChI=1S/C14H9BrFIO/c1-8-6-10(16)3-4-11(8)14(18)12-7-9(15)2-5-13(12)17/h2-7H,1H3. The van der Waals surface area contributed by atoms with E-state index in [4.69, 9.17) is 0 Å². The van der Waals surface area contributed by atoms with Crippen molar-refractivity contribution in [2.75, 3.05) is 0 Å². The average Bonchev–Trinajstić information content (AvgIpc) is 2.31. The Morgan fingerprint density at radius 3 is 2.56 bits per heavy atom. The van der Waals surface area contributed by atoms with Crippen molar-refractivity contribution in [3.63, 3.8) is 0 Å². The lowest BCUT2D eigenvalue weighted by atomic mass is 9.99. The topological polar surface area (TPSA) is 17.1 Å². The maximum absolute atomic E-state index is 13.0. The zero-order valence-corrected chi connectivity index (χ0v) is 13.2. The first-order chi connectivity index (χ1) is 8.49. The van der Waals surface area contributed by atoms with Crippen molar-refractivity contribution in [3.8, 4) is 0 Å². The SMILES string of the molecule is Cc1cc(F)ccc1C(=O)c1cc(Br)ccc1I. The molecule has 1 nitrogen and oxygen atoms in total. The van der Waals surface area contributed by atoms with Gasteiger partial charge in [0.1, 0.15) is 5.82 Å². The summed E-state index contributed by atoms with van der Waals surface area (Å²) in [7, 11) is 0. The van der Waals surface area contributed by atoms with Crippen LogP contribution in [0, 0.1) is 16.3 Å². The van der Waals surface area contributed by atoms with Crippen LogP contribution in [0.2, 0.25) is 0 Å². The first kappa shape index (κ1) is 13.7. The molecular weight excluding hydrogens is 410 g/mol. The van der Waals surface area contributed by atoms with Gasteiger partial charge in [-0.05, 0) is 71.5 Å². The molecule has 0 saturated heterocycles. The van der Waals surface area contributed by atoms with E-state index in [-0.39, 0.29) is 11.6 Å². The third kappa shape index (κ3) is 2.80. The molecule has 2 rings (SSSR count). The van der Waals surface area contributed by atoms with Crippen LogP contribution in [0.25, 0.3) is 0 Å². The normalized spacial score (nSPS) is 10.4. The lowest BCUT2D eigenvalue weighted by Gasteiger charge is -2.07. The third-order valence-electron chi connectivity index (χ3n) is 2.61. The van der Waals surface area contributed by atoms with Crippen LogP contribution in [0.15, 0.2) is 40.9 Å². The fourth-order valence-electron chi connectivity index (χ4n) is 1.70. The zero-order valence-electron chi connectivity index (χ0n) is 9.51. The van der Waals surface area contributed by atoms with Gasteiger partial charge in [0, 0.05) is 19.2 Å². The van der Waals surface area contributed by atoms with E-state index < -0.39 is 0 Å². The lowest BCUT2D eigenvalue weighted by Crippen LogP contribution is -2.06. The van der Waals surface area contributed by atoms with E-state index in [0.29, 0.717) is 16.7 Å². The average molecular weight is 419 g/mol. The number of rotatable bonds is 2. The molecule has 0 radical (unpaired) electrons. The second-order valence-corrected chi connectivity index (χ2v) is 5.99.